The first-order valence-corrected chi connectivity index (χ1v) is 8.73. The van der Waals surface area contributed by atoms with Gasteiger partial charge in [-0.05, 0) is 25.1 Å². The number of aryl methyl sites for hydroxylation is 1. The van der Waals surface area contributed by atoms with Crippen LogP contribution in [0.5, 0.6) is 5.88 Å². The Hall–Kier alpha value is -3.29. The van der Waals surface area contributed by atoms with Gasteiger partial charge in [-0.3, -0.25) is 19.3 Å². The topological polar surface area (TPSA) is 92.7 Å². The zero-order valence-electron chi connectivity index (χ0n) is 14.8. The molecule has 0 saturated carbocycles. The van der Waals surface area contributed by atoms with Crippen LogP contribution in [0.15, 0.2) is 36.4 Å². The number of carbonyl (C=O) groups excluding carboxylic acids is 3. The predicted molar refractivity (Wildman–Crippen MR) is 94.2 cm³/mol. The van der Waals surface area contributed by atoms with E-state index >= 15 is 0 Å². The smallest absolute Gasteiger partial charge is 0.262 e. The maximum absolute atomic E-state index is 12.6. The van der Waals surface area contributed by atoms with Gasteiger partial charge in [0.25, 0.3) is 11.8 Å². The number of hydrogen-bond donors (Lipinski definition) is 0. The first-order valence-electron chi connectivity index (χ1n) is 8.73. The van der Waals surface area contributed by atoms with Gasteiger partial charge in [-0.2, -0.15) is 5.10 Å². The fourth-order valence-corrected chi connectivity index (χ4v) is 3.29. The molecular weight excluding hydrogens is 348 g/mol. The summed E-state index contributed by atoms with van der Waals surface area (Å²) in [5.74, 6) is -0.706. The molecule has 2 aliphatic heterocycles. The van der Waals surface area contributed by atoms with E-state index in [1.807, 2.05) is 13.0 Å². The lowest BCUT2D eigenvalue weighted by molar-refractivity contribution is -0.130. The minimum atomic E-state index is -0.425. The van der Waals surface area contributed by atoms with Gasteiger partial charge in [0.1, 0.15) is 12.6 Å². The molecule has 2 aliphatic rings. The Morgan fingerprint density at radius 3 is 2.44 bits per heavy atom. The zero-order valence-corrected chi connectivity index (χ0v) is 14.8. The predicted octanol–water partition coefficient (Wildman–Crippen LogP) is 1.06. The van der Waals surface area contributed by atoms with E-state index in [-0.39, 0.29) is 18.6 Å². The van der Waals surface area contributed by atoms with Crippen molar-refractivity contribution in [2.75, 3.05) is 19.6 Å². The maximum atomic E-state index is 12.6. The number of rotatable bonds is 4. The van der Waals surface area contributed by atoms with Crippen LogP contribution in [-0.4, -0.2) is 63.5 Å². The Morgan fingerprint density at radius 1 is 1.11 bits per heavy atom. The highest BCUT2D eigenvalue weighted by Gasteiger charge is 2.38. The average Bonchev–Trinajstić information content (AvgIpc) is 3.23. The van der Waals surface area contributed by atoms with E-state index in [2.05, 4.69) is 10.2 Å². The van der Waals surface area contributed by atoms with E-state index in [4.69, 9.17) is 4.74 Å². The van der Waals surface area contributed by atoms with Crippen LogP contribution in [0.1, 0.15) is 32.8 Å². The molecule has 1 saturated heterocycles. The largest absolute Gasteiger partial charge is 0.471 e. The van der Waals surface area contributed by atoms with Crippen LogP contribution in [-0.2, 0) is 4.79 Å². The molecule has 3 amide bonds. The second kappa shape index (κ2) is 6.79. The lowest BCUT2D eigenvalue weighted by atomic mass is 10.1. The molecule has 1 aromatic heterocycles. The summed E-state index contributed by atoms with van der Waals surface area (Å²) in [7, 11) is 0. The fourth-order valence-electron chi connectivity index (χ4n) is 3.29. The summed E-state index contributed by atoms with van der Waals surface area (Å²) in [6.45, 7) is 2.47. The molecule has 3 heterocycles. The molecule has 0 aliphatic carbocycles. The van der Waals surface area contributed by atoms with Crippen molar-refractivity contribution in [3.8, 4) is 5.88 Å². The second-order valence-corrected chi connectivity index (χ2v) is 6.62. The zero-order chi connectivity index (χ0) is 19.0. The van der Waals surface area contributed by atoms with Gasteiger partial charge in [-0.25, -0.2) is 0 Å². The van der Waals surface area contributed by atoms with E-state index < -0.39 is 11.8 Å². The van der Waals surface area contributed by atoms with Crippen LogP contribution < -0.4 is 4.74 Å². The van der Waals surface area contributed by atoms with Gasteiger partial charge >= 0.3 is 0 Å². The molecule has 1 unspecified atom stereocenters. The fraction of sp³-hybridized carbons (Fsp3) is 0.316. The molecule has 138 valence electrons. The number of likely N-dealkylation sites (tertiary alicyclic amines) is 1. The number of amides is 3. The van der Waals surface area contributed by atoms with Crippen molar-refractivity contribution in [2.24, 2.45) is 0 Å². The minimum absolute atomic E-state index is 0.187. The standard InChI is InChI=1S/C19H18N4O4/c1-12-6-7-16(21-20-12)27-13-8-9-22(10-13)17(24)11-23-18(25)14-4-2-3-5-15(14)19(23)26/h2-7,13H,8-11H2,1H3. The van der Waals surface area contributed by atoms with Gasteiger partial charge in [0.2, 0.25) is 11.8 Å². The molecule has 1 fully saturated rings. The van der Waals surface area contributed by atoms with Crippen molar-refractivity contribution in [3.05, 3.63) is 53.2 Å². The summed E-state index contributed by atoms with van der Waals surface area (Å²) < 4.78 is 5.76. The Balaban J connectivity index is 1.36. The van der Waals surface area contributed by atoms with Crippen molar-refractivity contribution in [3.63, 3.8) is 0 Å². The summed E-state index contributed by atoms with van der Waals surface area (Å²) in [5.41, 5.74) is 1.48. The quantitative estimate of drug-likeness (QED) is 0.752. The lowest BCUT2D eigenvalue weighted by Gasteiger charge is -2.20. The maximum Gasteiger partial charge on any atom is 0.262 e. The third-order valence-corrected chi connectivity index (χ3v) is 4.73. The minimum Gasteiger partial charge on any atom is -0.471 e. The molecule has 8 nitrogen and oxygen atoms in total. The molecule has 0 radical (unpaired) electrons. The number of imide groups is 1. The van der Waals surface area contributed by atoms with Crippen LogP contribution in [0.25, 0.3) is 0 Å². The Kier molecular flexibility index (Phi) is 4.31. The number of benzene rings is 1. The van der Waals surface area contributed by atoms with Crippen molar-refractivity contribution in [1.29, 1.82) is 0 Å². The highest BCUT2D eigenvalue weighted by molar-refractivity contribution is 6.22. The van der Waals surface area contributed by atoms with Gasteiger partial charge in [0.05, 0.1) is 23.4 Å². The molecule has 1 atom stereocenters. The summed E-state index contributed by atoms with van der Waals surface area (Å²) in [4.78, 5) is 40.0. The second-order valence-electron chi connectivity index (χ2n) is 6.62. The normalized spacial score (nSPS) is 18.8. The highest BCUT2D eigenvalue weighted by atomic mass is 16.5. The van der Waals surface area contributed by atoms with Crippen LogP contribution in [0, 0.1) is 6.92 Å². The lowest BCUT2D eigenvalue weighted by Crippen LogP contribution is -2.42. The molecular formula is C19H18N4O4. The van der Waals surface area contributed by atoms with Crippen molar-refractivity contribution < 1.29 is 19.1 Å². The molecule has 4 rings (SSSR count). The Bertz CT molecular complexity index is 877. The van der Waals surface area contributed by atoms with Crippen LogP contribution >= 0.6 is 0 Å². The summed E-state index contributed by atoms with van der Waals surface area (Å²) in [6.07, 6.45) is 0.469. The van der Waals surface area contributed by atoms with E-state index in [1.165, 1.54) is 0 Å². The van der Waals surface area contributed by atoms with Crippen LogP contribution in [0.4, 0.5) is 0 Å². The van der Waals surface area contributed by atoms with Crippen molar-refractivity contribution in [2.45, 2.75) is 19.4 Å². The van der Waals surface area contributed by atoms with Gasteiger partial charge in [0.15, 0.2) is 0 Å². The third kappa shape index (κ3) is 3.25. The molecule has 0 spiro atoms. The van der Waals surface area contributed by atoms with Crippen LogP contribution in [0.2, 0.25) is 0 Å². The number of ether oxygens (including phenoxy) is 1. The van der Waals surface area contributed by atoms with Gasteiger partial charge < -0.3 is 9.64 Å². The molecule has 2 aromatic rings. The van der Waals surface area contributed by atoms with Gasteiger partial charge in [0, 0.05) is 19.0 Å². The monoisotopic (exact) mass is 366 g/mol. The number of fused-ring (bicyclic) bond motifs is 1. The third-order valence-electron chi connectivity index (χ3n) is 4.73. The number of aromatic nitrogens is 2. The van der Waals surface area contributed by atoms with Crippen molar-refractivity contribution in [1.82, 2.24) is 20.0 Å². The Labute approximate surface area is 155 Å². The molecule has 1 aromatic carbocycles. The first-order chi connectivity index (χ1) is 13.0. The van der Waals surface area contributed by atoms with Crippen LogP contribution in [0.3, 0.4) is 0 Å². The average molecular weight is 366 g/mol. The Morgan fingerprint density at radius 2 is 1.81 bits per heavy atom. The highest BCUT2D eigenvalue weighted by Crippen LogP contribution is 2.23. The van der Waals surface area contributed by atoms with Crippen molar-refractivity contribution >= 4 is 17.7 Å². The number of hydrogen-bond acceptors (Lipinski definition) is 6. The summed E-state index contributed by atoms with van der Waals surface area (Å²) in [6, 6.07) is 10.1. The SMILES string of the molecule is Cc1ccc(OC2CCN(C(=O)CN3C(=O)c4ccccc4C3=O)C2)nn1. The summed E-state index contributed by atoms with van der Waals surface area (Å²) in [5, 5.41) is 7.91. The van der Waals surface area contributed by atoms with E-state index in [0.717, 1.165) is 10.6 Å². The van der Waals surface area contributed by atoms with E-state index in [9.17, 15) is 14.4 Å². The molecule has 27 heavy (non-hydrogen) atoms. The summed E-state index contributed by atoms with van der Waals surface area (Å²) >= 11 is 0. The first kappa shape index (κ1) is 17.1. The van der Waals surface area contributed by atoms with E-state index in [0.29, 0.717) is 36.5 Å². The molecule has 8 heteroatoms. The number of nitrogens with zero attached hydrogens (tertiary/aromatic N) is 4. The van der Waals surface area contributed by atoms with E-state index in [1.54, 1.807) is 35.2 Å². The molecule has 0 N–H and O–H groups in total. The number of carbonyl (C=O) groups is 3. The van der Waals surface area contributed by atoms with Gasteiger partial charge in [-0.15, -0.1) is 5.10 Å². The molecule has 0 bridgehead atoms. The van der Waals surface area contributed by atoms with Gasteiger partial charge in [-0.1, -0.05) is 12.1 Å².